The first-order chi connectivity index (χ1) is 7.15. The molecule has 84 valence electrons. The van der Waals surface area contributed by atoms with Gasteiger partial charge in [-0.2, -0.15) is 0 Å². The number of rotatable bonds is 4. The second-order valence-corrected chi connectivity index (χ2v) is 4.51. The van der Waals surface area contributed by atoms with E-state index in [4.69, 9.17) is 15.2 Å². The van der Waals surface area contributed by atoms with Crippen molar-refractivity contribution in [3.05, 3.63) is 20.6 Å². The molecule has 0 aromatic heterocycles. The molecule has 0 saturated heterocycles. The summed E-state index contributed by atoms with van der Waals surface area (Å²) in [4.78, 5) is 0. The maximum absolute atomic E-state index is 5.56. The van der Waals surface area contributed by atoms with Gasteiger partial charge in [-0.15, -0.1) is 0 Å². The molecule has 2 N–H and O–H groups in total. The Kier molecular flexibility index (Phi) is 4.89. The van der Waals surface area contributed by atoms with E-state index in [-0.39, 0.29) is 0 Å². The zero-order valence-corrected chi connectivity index (χ0v) is 11.8. The van der Waals surface area contributed by atoms with Gasteiger partial charge in [-0.3, -0.25) is 0 Å². The zero-order chi connectivity index (χ0) is 11.4. The molecular formula is C10H13Br2NO2. The second-order valence-electron chi connectivity index (χ2n) is 2.93. The number of methoxy groups -OCH3 is 2. The summed E-state index contributed by atoms with van der Waals surface area (Å²) in [6.45, 7) is 0.577. The fourth-order valence-corrected chi connectivity index (χ4v) is 2.91. The average molecular weight is 339 g/mol. The van der Waals surface area contributed by atoms with E-state index in [1.54, 1.807) is 14.2 Å². The van der Waals surface area contributed by atoms with Gasteiger partial charge >= 0.3 is 0 Å². The highest BCUT2D eigenvalue weighted by Gasteiger charge is 2.15. The monoisotopic (exact) mass is 337 g/mol. The molecule has 0 amide bonds. The van der Waals surface area contributed by atoms with Crippen LogP contribution in [0.5, 0.6) is 11.5 Å². The minimum Gasteiger partial charge on any atom is -0.495 e. The Hall–Kier alpha value is -0.260. The van der Waals surface area contributed by atoms with Gasteiger partial charge < -0.3 is 15.2 Å². The molecule has 0 unspecified atom stereocenters. The van der Waals surface area contributed by atoms with Crippen LogP contribution >= 0.6 is 31.9 Å². The van der Waals surface area contributed by atoms with E-state index in [2.05, 4.69) is 31.9 Å². The fraction of sp³-hybridized carbons (Fsp3) is 0.400. The van der Waals surface area contributed by atoms with Crippen molar-refractivity contribution in [2.75, 3.05) is 20.8 Å². The lowest BCUT2D eigenvalue weighted by Crippen LogP contribution is -2.05. The van der Waals surface area contributed by atoms with Crippen LogP contribution in [0.1, 0.15) is 5.56 Å². The third kappa shape index (κ3) is 2.65. The van der Waals surface area contributed by atoms with Gasteiger partial charge in [-0.05, 0) is 50.4 Å². The topological polar surface area (TPSA) is 44.5 Å². The molecule has 5 heteroatoms. The van der Waals surface area contributed by atoms with Crippen molar-refractivity contribution in [3.8, 4) is 11.5 Å². The molecule has 0 aliphatic heterocycles. The Morgan fingerprint density at radius 2 is 1.60 bits per heavy atom. The molecule has 0 radical (unpaired) electrons. The predicted molar refractivity (Wildman–Crippen MR) is 67.7 cm³/mol. The molecule has 1 rings (SSSR count). The minimum atomic E-state index is 0.577. The molecule has 0 bridgehead atoms. The third-order valence-electron chi connectivity index (χ3n) is 2.06. The number of nitrogens with two attached hydrogens (primary N) is 1. The molecule has 0 atom stereocenters. The van der Waals surface area contributed by atoms with Gasteiger partial charge in [0.25, 0.3) is 0 Å². The Bertz CT molecular complexity index is 328. The van der Waals surface area contributed by atoms with E-state index < -0.39 is 0 Å². The maximum Gasteiger partial charge on any atom is 0.137 e. The van der Waals surface area contributed by atoms with Crippen LogP contribution in [0, 0.1) is 0 Å². The normalized spacial score (nSPS) is 10.2. The Morgan fingerprint density at radius 1 is 1.13 bits per heavy atom. The minimum absolute atomic E-state index is 0.577. The van der Waals surface area contributed by atoms with Crippen LogP contribution in [0.25, 0.3) is 0 Å². The van der Waals surface area contributed by atoms with E-state index >= 15 is 0 Å². The van der Waals surface area contributed by atoms with Gasteiger partial charge in [0.15, 0.2) is 0 Å². The van der Waals surface area contributed by atoms with Crippen molar-refractivity contribution < 1.29 is 9.47 Å². The molecule has 0 aliphatic carbocycles. The number of hydrogen-bond acceptors (Lipinski definition) is 3. The number of ether oxygens (including phenoxy) is 2. The van der Waals surface area contributed by atoms with Crippen LogP contribution in [0.15, 0.2) is 15.0 Å². The summed E-state index contributed by atoms with van der Waals surface area (Å²) >= 11 is 6.98. The standard InChI is InChI=1S/C10H13Br2NO2/c1-14-7-5-8(15-2)10(12)6(3-4-13)9(7)11/h5H,3-4,13H2,1-2H3. The lowest BCUT2D eigenvalue weighted by atomic mass is 10.1. The van der Waals surface area contributed by atoms with E-state index in [0.29, 0.717) is 6.54 Å². The van der Waals surface area contributed by atoms with Gasteiger partial charge in [0.1, 0.15) is 11.5 Å². The van der Waals surface area contributed by atoms with E-state index in [0.717, 1.165) is 32.4 Å². The van der Waals surface area contributed by atoms with Crippen molar-refractivity contribution in [2.45, 2.75) is 6.42 Å². The van der Waals surface area contributed by atoms with Crippen molar-refractivity contribution in [1.29, 1.82) is 0 Å². The van der Waals surface area contributed by atoms with Crippen molar-refractivity contribution >= 4 is 31.9 Å². The first-order valence-corrected chi connectivity index (χ1v) is 6.03. The van der Waals surface area contributed by atoms with Crippen LogP contribution in [0.4, 0.5) is 0 Å². The van der Waals surface area contributed by atoms with Crippen molar-refractivity contribution in [3.63, 3.8) is 0 Å². The van der Waals surface area contributed by atoms with E-state index in [1.165, 1.54) is 0 Å². The summed E-state index contributed by atoms with van der Waals surface area (Å²) < 4.78 is 12.3. The third-order valence-corrected chi connectivity index (χ3v) is 3.80. The van der Waals surface area contributed by atoms with Crippen LogP contribution in [-0.2, 0) is 6.42 Å². The highest BCUT2D eigenvalue weighted by molar-refractivity contribution is 9.11. The molecule has 15 heavy (non-hydrogen) atoms. The number of benzene rings is 1. The summed E-state index contributed by atoms with van der Waals surface area (Å²) in [6, 6.07) is 1.83. The molecule has 0 heterocycles. The lowest BCUT2D eigenvalue weighted by molar-refractivity contribution is 0.389. The molecule has 0 saturated carbocycles. The van der Waals surface area contributed by atoms with E-state index in [1.807, 2.05) is 6.07 Å². The highest BCUT2D eigenvalue weighted by atomic mass is 79.9. The summed E-state index contributed by atoms with van der Waals surface area (Å²) in [5, 5.41) is 0. The summed E-state index contributed by atoms with van der Waals surface area (Å²) in [5.74, 6) is 1.50. The quantitative estimate of drug-likeness (QED) is 0.918. The van der Waals surface area contributed by atoms with Gasteiger partial charge in [0, 0.05) is 6.07 Å². The van der Waals surface area contributed by atoms with Crippen molar-refractivity contribution in [2.24, 2.45) is 5.73 Å². The highest BCUT2D eigenvalue weighted by Crippen LogP contribution is 2.40. The van der Waals surface area contributed by atoms with E-state index in [9.17, 15) is 0 Å². The SMILES string of the molecule is COc1cc(OC)c(Br)c(CCN)c1Br. The molecular weight excluding hydrogens is 326 g/mol. The van der Waals surface area contributed by atoms with Crippen molar-refractivity contribution in [1.82, 2.24) is 0 Å². The van der Waals surface area contributed by atoms with Gasteiger partial charge in [0.2, 0.25) is 0 Å². The van der Waals surface area contributed by atoms with Crippen LogP contribution < -0.4 is 15.2 Å². The maximum atomic E-state index is 5.56. The molecule has 1 aromatic carbocycles. The van der Waals surface area contributed by atoms with Gasteiger partial charge in [-0.1, -0.05) is 0 Å². The van der Waals surface area contributed by atoms with Gasteiger partial charge in [-0.25, -0.2) is 0 Å². The zero-order valence-electron chi connectivity index (χ0n) is 8.64. The number of halogens is 2. The lowest BCUT2D eigenvalue weighted by Gasteiger charge is -2.14. The summed E-state index contributed by atoms with van der Waals surface area (Å²) in [5.41, 5.74) is 6.62. The second kappa shape index (κ2) is 5.72. The Labute approximate surface area is 106 Å². The Morgan fingerprint density at radius 3 is 1.93 bits per heavy atom. The predicted octanol–water partition coefficient (Wildman–Crippen LogP) is 2.73. The van der Waals surface area contributed by atoms with Gasteiger partial charge in [0.05, 0.1) is 23.2 Å². The average Bonchev–Trinajstić information content (AvgIpc) is 2.25. The fourth-order valence-electron chi connectivity index (χ4n) is 1.30. The van der Waals surface area contributed by atoms with Crippen LogP contribution in [0.2, 0.25) is 0 Å². The largest absolute Gasteiger partial charge is 0.495 e. The summed E-state index contributed by atoms with van der Waals surface area (Å²) in [6.07, 6.45) is 0.759. The molecule has 0 aliphatic rings. The summed E-state index contributed by atoms with van der Waals surface area (Å²) in [7, 11) is 3.25. The smallest absolute Gasteiger partial charge is 0.137 e. The number of hydrogen-bond donors (Lipinski definition) is 1. The molecule has 1 aromatic rings. The van der Waals surface area contributed by atoms with Crippen LogP contribution in [-0.4, -0.2) is 20.8 Å². The molecule has 3 nitrogen and oxygen atoms in total. The molecule has 0 fully saturated rings. The Balaban J connectivity index is 3.32. The first-order valence-electron chi connectivity index (χ1n) is 4.44. The molecule has 0 spiro atoms. The van der Waals surface area contributed by atoms with Crippen LogP contribution in [0.3, 0.4) is 0 Å². The first kappa shape index (κ1) is 12.8.